The summed E-state index contributed by atoms with van der Waals surface area (Å²) in [4.78, 5) is 10.5. The van der Waals surface area contributed by atoms with E-state index in [2.05, 4.69) is 5.32 Å². The van der Waals surface area contributed by atoms with Gasteiger partial charge in [0.2, 0.25) is 12.2 Å². The molecule has 12 heavy (non-hydrogen) atoms. The van der Waals surface area contributed by atoms with Crippen molar-refractivity contribution < 1.29 is 9.52 Å². The van der Waals surface area contributed by atoms with Crippen LogP contribution in [0.15, 0.2) is 18.7 Å². The van der Waals surface area contributed by atoms with Crippen molar-refractivity contribution in [2.24, 2.45) is 0 Å². The molecule has 5 heteroatoms. The average molecular weight is 169 g/mol. The first kappa shape index (κ1) is 8.58. The summed E-state index contributed by atoms with van der Waals surface area (Å²) in [5.41, 5.74) is 0. The molecule has 0 saturated carbocycles. The molecule has 0 bridgehead atoms. The first-order valence-corrected chi connectivity index (χ1v) is 3.67. The molecule has 0 aliphatic rings. The molecule has 0 atom stereocenters. The van der Waals surface area contributed by atoms with E-state index in [4.69, 9.17) is 0 Å². The van der Waals surface area contributed by atoms with E-state index in [1.165, 1.54) is 19.4 Å². The van der Waals surface area contributed by atoms with E-state index in [9.17, 15) is 10.0 Å². The van der Waals surface area contributed by atoms with Crippen LogP contribution < -0.4 is 10.0 Å². The molecule has 1 rings (SSSR count). The number of carbonyl (C=O) groups excluding carboxylic acids is 1. The summed E-state index contributed by atoms with van der Waals surface area (Å²) < 4.78 is 2.43. The number of aromatic nitrogens is 2. The molecule has 1 N–H and O–H groups in total. The minimum atomic E-state index is -0.0582. The van der Waals surface area contributed by atoms with Crippen molar-refractivity contribution >= 4 is 5.91 Å². The molecular weight excluding hydrogens is 158 g/mol. The number of nitrogens with one attached hydrogen (secondary N) is 1. The predicted octanol–water partition coefficient (Wildman–Crippen LogP) is -0.742. The lowest BCUT2D eigenvalue weighted by Gasteiger charge is -1.98. The Balaban J connectivity index is 2.29. The second-order valence-corrected chi connectivity index (χ2v) is 2.49. The van der Waals surface area contributed by atoms with Crippen molar-refractivity contribution in [2.45, 2.75) is 13.5 Å². The largest absolute Gasteiger partial charge is 0.711 e. The Morgan fingerprint density at radius 2 is 2.50 bits per heavy atom. The van der Waals surface area contributed by atoms with Crippen LogP contribution >= 0.6 is 0 Å². The fourth-order valence-electron chi connectivity index (χ4n) is 0.868. The molecule has 0 saturated heterocycles. The van der Waals surface area contributed by atoms with Gasteiger partial charge >= 0.3 is 0 Å². The van der Waals surface area contributed by atoms with Gasteiger partial charge in [0, 0.05) is 6.92 Å². The van der Waals surface area contributed by atoms with Crippen molar-refractivity contribution in [2.75, 3.05) is 6.54 Å². The van der Waals surface area contributed by atoms with Crippen molar-refractivity contribution in [3.8, 4) is 0 Å². The zero-order chi connectivity index (χ0) is 8.97. The maximum Gasteiger partial charge on any atom is 0.246 e. The fraction of sp³-hybridized carbons (Fsp3) is 0.429. The number of nitrogens with zero attached hydrogens (tertiary/aromatic N) is 2. The summed E-state index contributed by atoms with van der Waals surface area (Å²) in [6, 6.07) is 0. The summed E-state index contributed by atoms with van der Waals surface area (Å²) >= 11 is 0. The van der Waals surface area contributed by atoms with E-state index in [-0.39, 0.29) is 5.91 Å². The second-order valence-electron chi connectivity index (χ2n) is 2.49. The topological polar surface area (TPSA) is 61.0 Å². The van der Waals surface area contributed by atoms with Gasteiger partial charge in [0.15, 0.2) is 0 Å². The number of carbonyl (C=O) groups is 1. The zero-order valence-electron chi connectivity index (χ0n) is 6.86. The van der Waals surface area contributed by atoms with E-state index in [0.29, 0.717) is 17.8 Å². The van der Waals surface area contributed by atoms with Gasteiger partial charge in [-0.3, -0.25) is 4.79 Å². The van der Waals surface area contributed by atoms with Crippen molar-refractivity contribution in [3.05, 3.63) is 23.9 Å². The summed E-state index contributed by atoms with van der Waals surface area (Å²) in [5.74, 6) is -0.0582. The Bertz CT molecular complexity index is 269. The molecule has 0 aromatic carbocycles. The van der Waals surface area contributed by atoms with E-state index >= 15 is 0 Å². The van der Waals surface area contributed by atoms with Gasteiger partial charge in [-0.15, -0.1) is 0 Å². The van der Waals surface area contributed by atoms with Gasteiger partial charge in [0.25, 0.3) is 0 Å². The van der Waals surface area contributed by atoms with Crippen molar-refractivity contribution in [3.63, 3.8) is 0 Å². The molecular formula is C7H11N3O2. The zero-order valence-corrected chi connectivity index (χ0v) is 6.86. The van der Waals surface area contributed by atoms with Gasteiger partial charge in [0.1, 0.15) is 18.9 Å². The Morgan fingerprint density at radius 3 is 3.00 bits per heavy atom. The summed E-state index contributed by atoms with van der Waals surface area (Å²) in [5, 5.41) is 13.2. The second kappa shape index (κ2) is 3.75. The molecule has 0 fully saturated rings. The normalized spacial score (nSPS) is 9.75. The third-order valence-electron chi connectivity index (χ3n) is 1.41. The van der Waals surface area contributed by atoms with Gasteiger partial charge in [0.05, 0.1) is 6.54 Å². The molecule has 0 aliphatic carbocycles. The molecule has 1 aromatic rings. The monoisotopic (exact) mass is 169 g/mol. The highest BCUT2D eigenvalue weighted by Gasteiger charge is 1.97. The lowest BCUT2D eigenvalue weighted by molar-refractivity contribution is -0.604. The van der Waals surface area contributed by atoms with Crippen LogP contribution in [-0.2, 0) is 11.3 Å². The maximum absolute atomic E-state index is 10.6. The lowest BCUT2D eigenvalue weighted by atomic mass is 10.5. The van der Waals surface area contributed by atoms with Crippen LogP contribution in [0, 0.1) is 5.21 Å². The van der Waals surface area contributed by atoms with Crippen molar-refractivity contribution in [1.29, 1.82) is 0 Å². The van der Waals surface area contributed by atoms with Crippen LogP contribution in [0.3, 0.4) is 0 Å². The van der Waals surface area contributed by atoms with Gasteiger partial charge in [-0.1, -0.05) is 0 Å². The van der Waals surface area contributed by atoms with E-state index in [1.807, 2.05) is 0 Å². The highest BCUT2D eigenvalue weighted by atomic mass is 16.5. The third kappa shape index (κ3) is 2.61. The molecule has 5 nitrogen and oxygen atoms in total. The Labute approximate surface area is 70.2 Å². The van der Waals surface area contributed by atoms with Crippen LogP contribution in [0.1, 0.15) is 6.92 Å². The Kier molecular flexibility index (Phi) is 2.68. The first-order valence-electron chi connectivity index (χ1n) is 3.67. The quantitative estimate of drug-likeness (QED) is 0.478. The van der Waals surface area contributed by atoms with Crippen LogP contribution in [-0.4, -0.2) is 17.0 Å². The standard InChI is InChI=1S/C7H11N3O2/c1-7(11)8-2-3-9-4-5-10(12)6-9/h4-6H,2-3H2,1H3,(H,8,11). The maximum atomic E-state index is 10.6. The lowest BCUT2D eigenvalue weighted by Crippen LogP contribution is -2.25. The van der Waals surface area contributed by atoms with Crippen LogP contribution in [0.4, 0.5) is 0 Å². The highest BCUT2D eigenvalue weighted by Crippen LogP contribution is 1.81. The van der Waals surface area contributed by atoms with Gasteiger partial charge in [-0.25, -0.2) is 9.30 Å². The number of amides is 1. The van der Waals surface area contributed by atoms with Gasteiger partial charge in [-0.05, 0) is 0 Å². The van der Waals surface area contributed by atoms with Crippen LogP contribution in [0.5, 0.6) is 0 Å². The van der Waals surface area contributed by atoms with Gasteiger partial charge in [-0.2, -0.15) is 0 Å². The van der Waals surface area contributed by atoms with Crippen molar-refractivity contribution in [1.82, 2.24) is 9.88 Å². The first-order chi connectivity index (χ1) is 5.68. The summed E-state index contributed by atoms with van der Waals surface area (Å²) in [6.45, 7) is 2.63. The minimum Gasteiger partial charge on any atom is -0.711 e. The van der Waals surface area contributed by atoms with Crippen LogP contribution in [0.25, 0.3) is 0 Å². The molecule has 0 aliphatic heterocycles. The highest BCUT2D eigenvalue weighted by molar-refractivity contribution is 5.72. The Morgan fingerprint density at radius 1 is 1.75 bits per heavy atom. The molecule has 1 aromatic heterocycles. The fourth-order valence-corrected chi connectivity index (χ4v) is 0.868. The smallest absolute Gasteiger partial charge is 0.246 e. The minimum absolute atomic E-state index is 0.0582. The predicted molar refractivity (Wildman–Crippen MR) is 42.1 cm³/mol. The molecule has 66 valence electrons. The Hall–Kier alpha value is -1.52. The molecule has 1 amide bonds. The summed E-state index contributed by atoms with van der Waals surface area (Å²) in [7, 11) is 0. The van der Waals surface area contributed by atoms with Crippen LogP contribution in [0.2, 0.25) is 0 Å². The van der Waals surface area contributed by atoms with E-state index < -0.39 is 0 Å². The molecule has 0 radical (unpaired) electrons. The van der Waals surface area contributed by atoms with Gasteiger partial charge < -0.3 is 10.5 Å². The molecule has 0 spiro atoms. The molecule has 0 unspecified atom stereocenters. The number of imidazole rings is 1. The summed E-state index contributed by atoms with van der Waals surface area (Å²) in [6.07, 6.45) is 4.49. The van der Waals surface area contributed by atoms with E-state index in [1.54, 1.807) is 10.8 Å². The number of rotatable bonds is 3. The number of hydrogen-bond acceptors (Lipinski definition) is 2. The SMILES string of the molecule is CC(=O)NCCn1cc[n+]([O-])c1. The third-order valence-corrected chi connectivity index (χ3v) is 1.41. The van der Waals surface area contributed by atoms with E-state index in [0.717, 1.165) is 0 Å². The number of hydrogen-bond donors (Lipinski definition) is 1. The molecule has 1 heterocycles. The average Bonchev–Trinajstić information content (AvgIpc) is 2.35.